The van der Waals surface area contributed by atoms with Crippen LogP contribution < -0.4 is 5.73 Å². The van der Waals surface area contributed by atoms with Crippen molar-refractivity contribution in [2.24, 2.45) is 11.1 Å². The van der Waals surface area contributed by atoms with Crippen LogP contribution in [-0.2, 0) is 22.4 Å². The third-order valence-electron chi connectivity index (χ3n) is 4.15. The van der Waals surface area contributed by atoms with Crippen LogP contribution >= 0.6 is 0 Å². The zero-order valence-electron chi connectivity index (χ0n) is 11.1. The molecule has 0 radical (unpaired) electrons. The van der Waals surface area contributed by atoms with Crippen molar-refractivity contribution < 1.29 is 9.53 Å². The van der Waals surface area contributed by atoms with Crippen molar-refractivity contribution in [2.75, 3.05) is 7.11 Å². The van der Waals surface area contributed by atoms with Crippen molar-refractivity contribution in [1.29, 1.82) is 0 Å². The van der Waals surface area contributed by atoms with Gasteiger partial charge in [0.2, 0.25) is 0 Å². The highest BCUT2D eigenvalue weighted by molar-refractivity contribution is 5.70. The van der Waals surface area contributed by atoms with E-state index < -0.39 is 0 Å². The van der Waals surface area contributed by atoms with Crippen molar-refractivity contribution in [2.45, 2.75) is 38.6 Å². The summed E-state index contributed by atoms with van der Waals surface area (Å²) in [7, 11) is 1.44. The monoisotopic (exact) mass is 247 g/mol. The molecule has 0 bridgehead atoms. The number of hydrogen-bond donors (Lipinski definition) is 1. The molecule has 0 heterocycles. The summed E-state index contributed by atoms with van der Waals surface area (Å²) in [6, 6.07) is 8.40. The molecule has 1 unspecified atom stereocenters. The van der Waals surface area contributed by atoms with Gasteiger partial charge in [-0.1, -0.05) is 31.2 Å². The van der Waals surface area contributed by atoms with Crippen LogP contribution in [0.25, 0.3) is 0 Å². The zero-order valence-corrected chi connectivity index (χ0v) is 11.1. The molecule has 3 nitrogen and oxygen atoms in total. The Morgan fingerprint density at radius 2 is 1.94 bits per heavy atom. The van der Waals surface area contributed by atoms with Gasteiger partial charge in [0.1, 0.15) is 0 Å². The molecule has 1 aromatic rings. The average Bonchev–Trinajstić information content (AvgIpc) is 2.76. The number of ether oxygens (including phenoxy) is 1. The molecule has 0 aromatic heterocycles. The van der Waals surface area contributed by atoms with Gasteiger partial charge in [-0.3, -0.25) is 4.79 Å². The van der Waals surface area contributed by atoms with Gasteiger partial charge in [-0.25, -0.2) is 0 Å². The minimum absolute atomic E-state index is 0.0315. The number of fused-ring (bicyclic) bond motifs is 1. The largest absolute Gasteiger partial charge is 0.469 e. The van der Waals surface area contributed by atoms with E-state index in [9.17, 15) is 4.79 Å². The average molecular weight is 247 g/mol. The van der Waals surface area contributed by atoms with E-state index in [1.165, 1.54) is 18.2 Å². The first-order chi connectivity index (χ1) is 8.61. The third kappa shape index (κ3) is 2.27. The molecule has 98 valence electrons. The minimum atomic E-state index is -0.161. The number of hydrogen-bond acceptors (Lipinski definition) is 3. The van der Waals surface area contributed by atoms with Crippen LogP contribution in [0.1, 0.15) is 30.9 Å². The lowest BCUT2D eigenvalue weighted by atomic mass is 9.74. The molecule has 1 atom stereocenters. The molecule has 0 spiro atoms. The molecule has 1 aromatic carbocycles. The lowest BCUT2D eigenvalue weighted by Gasteiger charge is -2.33. The highest BCUT2D eigenvalue weighted by Gasteiger charge is 2.43. The Labute approximate surface area is 108 Å². The Balaban J connectivity index is 2.27. The van der Waals surface area contributed by atoms with Crippen LogP contribution in [0.15, 0.2) is 24.3 Å². The molecule has 2 rings (SSSR count). The molecular formula is C15H21NO2. The maximum Gasteiger partial charge on any atom is 0.306 e. The van der Waals surface area contributed by atoms with Crippen LogP contribution in [-0.4, -0.2) is 19.1 Å². The molecule has 0 aliphatic heterocycles. The summed E-state index contributed by atoms with van der Waals surface area (Å²) < 4.78 is 4.84. The molecule has 18 heavy (non-hydrogen) atoms. The molecule has 1 aliphatic carbocycles. The second-order valence-electron chi connectivity index (χ2n) is 5.25. The molecule has 2 N–H and O–H groups in total. The van der Waals surface area contributed by atoms with E-state index >= 15 is 0 Å². The summed E-state index contributed by atoms with van der Waals surface area (Å²) in [6.45, 7) is 2.08. The van der Waals surface area contributed by atoms with E-state index in [2.05, 4.69) is 19.1 Å². The Bertz CT molecular complexity index is 417. The molecule has 0 saturated carbocycles. The smallest absolute Gasteiger partial charge is 0.306 e. The summed E-state index contributed by atoms with van der Waals surface area (Å²) in [5.74, 6) is -0.160. The summed E-state index contributed by atoms with van der Waals surface area (Å²) in [5.41, 5.74) is 8.78. The lowest BCUT2D eigenvalue weighted by molar-refractivity contribution is -0.143. The summed E-state index contributed by atoms with van der Waals surface area (Å²) in [4.78, 5) is 11.7. The predicted octanol–water partition coefficient (Wildman–Crippen LogP) is 2.07. The minimum Gasteiger partial charge on any atom is -0.469 e. The SMILES string of the molecule is CCC(N)C1(CC(=O)OC)Cc2ccccc2C1. The number of methoxy groups -OCH3 is 1. The second-order valence-corrected chi connectivity index (χ2v) is 5.25. The Kier molecular flexibility index (Phi) is 3.71. The normalized spacial score (nSPS) is 18.2. The zero-order chi connectivity index (χ0) is 13.2. The Morgan fingerprint density at radius 1 is 1.39 bits per heavy atom. The van der Waals surface area contributed by atoms with Crippen LogP contribution in [0.4, 0.5) is 0 Å². The topological polar surface area (TPSA) is 52.3 Å². The standard InChI is InChI=1S/C15H21NO2/c1-3-13(16)15(10-14(17)18-2)8-11-6-4-5-7-12(11)9-15/h4-7,13H,3,8-10,16H2,1-2H3. The van der Waals surface area contributed by atoms with Crippen LogP contribution in [0, 0.1) is 5.41 Å². The molecule has 0 fully saturated rings. The molecule has 3 heteroatoms. The summed E-state index contributed by atoms with van der Waals surface area (Å²) in [6.07, 6.45) is 3.05. The fourth-order valence-electron chi connectivity index (χ4n) is 3.03. The highest BCUT2D eigenvalue weighted by Crippen LogP contribution is 2.42. The van der Waals surface area contributed by atoms with Crippen LogP contribution in [0.2, 0.25) is 0 Å². The lowest BCUT2D eigenvalue weighted by Crippen LogP contribution is -2.44. The van der Waals surface area contributed by atoms with Gasteiger partial charge < -0.3 is 10.5 Å². The number of nitrogens with two attached hydrogens (primary N) is 1. The van der Waals surface area contributed by atoms with Crippen molar-refractivity contribution in [3.05, 3.63) is 35.4 Å². The van der Waals surface area contributed by atoms with Crippen LogP contribution in [0.5, 0.6) is 0 Å². The van der Waals surface area contributed by atoms with E-state index in [4.69, 9.17) is 10.5 Å². The van der Waals surface area contributed by atoms with Gasteiger partial charge in [-0.15, -0.1) is 0 Å². The number of carbonyl (C=O) groups excluding carboxylic acids is 1. The number of rotatable bonds is 4. The van der Waals surface area contributed by atoms with Gasteiger partial charge in [-0.05, 0) is 30.4 Å². The predicted molar refractivity (Wildman–Crippen MR) is 71.2 cm³/mol. The van der Waals surface area contributed by atoms with Crippen molar-refractivity contribution in [1.82, 2.24) is 0 Å². The van der Waals surface area contributed by atoms with Gasteiger partial charge in [-0.2, -0.15) is 0 Å². The number of benzene rings is 1. The maximum atomic E-state index is 11.7. The van der Waals surface area contributed by atoms with Crippen molar-refractivity contribution in [3.8, 4) is 0 Å². The number of carbonyl (C=O) groups is 1. The van der Waals surface area contributed by atoms with Crippen molar-refractivity contribution >= 4 is 5.97 Å². The fourth-order valence-corrected chi connectivity index (χ4v) is 3.03. The molecule has 0 amide bonds. The maximum absolute atomic E-state index is 11.7. The van der Waals surface area contributed by atoms with Gasteiger partial charge in [0.15, 0.2) is 0 Å². The quantitative estimate of drug-likeness (QED) is 0.829. The highest BCUT2D eigenvalue weighted by atomic mass is 16.5. The first-order valence-corrected chi connectivity index (χ1v) is 6.50. The fraction of sp³-hybridized carbons (Fsp3) is 0.533. The molecule has 1 aliphatic rings. The van der Waals surface area contributed by atoms with Gasteiger partial charge >= 0.3 is 5.97 Å². The van der Waals surface area contributed by atoms with Crippen LogP contribution in [0.3, 0.4) is 0 Å². The Hall–Kier alpha value is -1.35. The van der Waals surface area contributed by atoms with Gasteiger partial charge in [0.25, 0.3) is 0 Å². The number of esters is 1. The van der Waals surface area contributed by atoms with Gasteiger partial charge in [0.05, 0.1) is 13.5 Å². The first-order valence-electron chi connectivity index (χ1n) is 6.50. The van der Waals surface area contributed by atoms with E-state index in [1.807, 2.05) is 12.1 Å². The van der Waals surface area contributed by atoms with E-state index in [0.717, 1.165) is 19.3 Å². The molecule has 0 saturated heterocycles. The molecular weight excluding hydrogens is 226 g/mol. The van der Waals surface area contributed by atoms with Gasteiger partial charge in [0, 0.05) is 11.5 Å². The van der Waals surface area contributed by atoms with E-state index in [1.54, 1.807) is 0 Å². The Morgan fingerprint density at radius 3 is 2.39 bits per heavy atom. The third-order valence-corrected chi connectivity index (χ3v) is 4.15. The van der Waals surface area contributed by atoms with E-state index in [0.29, 0.717) is 6.42 Å². The summed E-state index contributed by atoms with van der Waals surface area (Å²) >= 11 is 0. The van der Waals surface area contributed by atoms with E-state index in [-0.39, 0.29) is 17.4 Å². The van der Waals surface area contributed by atoms with Crippen molar-refractivity contribution in [3.63, 3.8) is 0 Å². The first kappa shape index (κ1) is 13.1. The second kappa shape index (κ2) is 5.11. The summed E-state index contributed by atoms with van der Waals surface area (Å²) in [5, 5.41) is 0.